The van der Waals surface area contributed by atoms with E-state index in [1.54, 1.807) is 18.2 Å². The van der Waals surface area contributed by atoms with Crippen LogP contribution in [0.25, 0.3) is 10.9 Å². The van der Waals surface area contributed by atoms with Crippen molar-refractivity contribution in [2.45, 2.75) is 51.8 Å². The molecule has 0 radical (unpaired) electrons. The Labute approximate surface area is 202 Å². The summed E-state index contributed by atoms with van der Waals surface area (Å²) in [5.41, 5.74) is 1.74. The van der Waals surface area contributed by atoms with Crippen LogP contribution in [-0.2, 0) is 0 Å². The van der Waals surface area contributed by atoms with E-state index >= 15 is 0 Å². The average Bonchev–Trinajstić information content (AvgIpc) is 2.80. The second-order valence-corrected chi connectivity index (χ2v) is 8.88. The summed E-state index contributed by atoms with van der Waals surface area (Å²) in [7, 11) is 0. The Kier molecular flexibility index (Phi) is 7.73. The molecule has 9 heteroatoms. The largest absolute Gasteiger partial charge is 0.573 e. The number of hydrogen-bond acceptors (Lipinski definition) is 5. The van der Waals surface area contributed by atoms with Crippen LogP contribution in [0.5, 0.6) is 5.75 Å². The van der Waals surface area contributed by atoms with Crippen LogP contribution in [0.1, 0.15) is 55.8 Å². The predicted molar refractivity (Wildman–Crippen MR) is 129 cm³/mol. The van der Waals surface area contributed by atoms with Crippen molar-refractivity contribution in [1.82, 2.24) is 14.9 Å². The molecule has 1 aliphatic rings. The standard InChI is InChI=1S/C26H29F3N4O2/c1-2-5-18-6-3-14-33(15-4-7-18)25(34)19-8-13-22-23(16-19)30-17-31-24(22)32-20-9-11-21(12-10-20)35-26(27,28)29/h8-13,16-18H,2-7,14-15H2,1H3,(H,30,31,32). The fourth-order valence-corrected chi connectivity index (χ4v) is 4.65. The highest BCUT2D eigenvalue weighted by Gasteiger charge is 2.31. The van der Waals surface area contributed by atoms with Gasteiger partial charge in [-0.1, -0.05) is 19.8 Å². The molecular weight excluding hydrogens is 457 g/mol. The van der Waals surface area contributed by atoms with E-state index in [0.717, 1.165) is 31.8 Å². The normalized spacial score (nSPS) is 15.5. The number of carbonyl (C=O) groups excluding carboxylic acids is 1. The van der Waals surface area contributed by atoms with E-state index in [9.17, 15) is 18.0 Å². The van der Waals surface area contributed by atoms with Crippen LogP contribution in [0.4, 0.5) is 24.7 Å². The zero-order valence-electron chi connectivity index (χ0n) is 19.6. The van der Waals surface area contributed by atoms with Gasteiger partial charge in [0, 0.05) is 29.7 Å². The van der Waals surface area contributed by atoms with E-state index in [4.69, 9.17) is 0 Å². The molecule has 0 unspecified atom stereocenters. The van der Waals surface area contributed by atoms with Crippen molar-refractivity contribution in [3.8, 4) is 5.75 Å². The van der Waals surface area contributed by atoms with Crippen LogP contribution in [0.2, 0.25) is 0 Å². The molecule has 1 aromatic heterocycles. The first-order valence-electron chi connectivity index (χ1n) is 12.0. The molecule has 1 saturated heterocycles. The number of nitrogens with one attached hydrogen (secondary N) is 1. The molecule has 186 valence electrons. The van der Waals surface area contributed by atoms with Crippen LogP contribution in [0, 0.1) is 5.92 Å². The molecule has 0 atom stereocenters. The van der Waals surface area contributed by atoms with Gasteiger partial charge in [0.2, 0.25) is 0 Å². The van der Waals surface area contributed by atoms with E-state index in [1.165, 1.54) is 56.3 Å². The fraction of sp³-hybridized carbons (Fsp3) is 0.423. The SMILES string of the molecule is CCCC1CCCN(C(=O)c2ccc3c(Nc4ccc(OC(F)(F)F)cc4)ncnc3c2)CCC1. The molecule has 35 heavy (non-hydrogen) atoms. The maximum atomic E-state index is 13.2. The van der Waals surface area contributed by atoms with Gasteiger partial charge in [-0.3, -0.25) is 4.79 Å². The zero-order valence-corrected chi connectivity index (χ0v) is 19.6. The van der Waals surface area contributed by atoms with Crippen molar-refractivity contribution in [3.05, 3.63) is 54.4 Å². The number of alkyl halides is 3. The maximum Gasteiger partial charge on any atom is 0.573 e. The number of hydrogen-bond donors (Lipinski definition) is 1. The first kappa shape index (κ1) is 24.8. The number of nitrogens with zero attached hydrogens (tertiary/aromatic N) is 3. The number of carbonyl (C=O) groups is 1. The van der Waals surface area contributed by atoms with Crippen LogP contribution >= 0.6 is 0 Å². The Hall–Kier alpha value is -3.36. The predicted octanol–water partition coefficient (Wildman–Crippen LogP) is 6.70. The molecule has 2 aromatic carbocycles. The molecule has 3 aromatic rings. The lowest BCUT2D eigenvalue weighted by molar-refractivity contribution is -0.274. The Morgan fingerprint density at radius 1 is 1.09 bits per heavy atom. The summed E-state index contributed by atoms with van der Waals surface area (Å²) in [6, 6.07) is 10.7. The van der Waals surface area contributed by atoms with Gasteiger partial charge in [-0.2, -0.15) is 0 Å². The number of fused-ring (bicyclic) bond motifs is 1. The lowest BCUT2D eigenvalue weighted by atomic mass is 9.91. The van der Waals surface area contributed by atoms with Gasteiger partial charge in [0.1, 0.15) is 17.9 Å². The number of ether oxygens (including phenoxy) is 1. The monoisotopic (exact) mass is 486 g/mol. The molecule has 4 rings (SSSR count). The Bertz CT molecular complexity index is 1140. The van der Waals surface area contributed by atoms with E-state index in [1.807, 2.05) is 4.90 Å². The molecule has 1 N–H and O–H groups in total. The third-order valence-corrected chi connectivity index (χ3v) is 6.30. The van der Waals surface area contributed by atoms with Gasteiger partial charge in [0.15, 0.2) is 0 Å². The van der Waals surface area contributed by atoms with Crippen molar-refractivity contribution in [2.75, 3.05) is 18.4 Å². The molecule has 6 nitrogen and oxygen atoms in total. The zero-order chi connectivity index (χ0) is 24.8. The molecule has 0 spiro atoms. The lowest BCUT2D eigenvalue weighted by Gasteiger charge is -2.28. The van der Waals surface area contributed by atoms with E-state index in [2.05, 4.69) is 26.9 Å². The Morgan fingerprint density at radius 3 is 2.46 bits per heavy atom. The molecule has 2 heterocycles. The summed E-state index contributed by atoms with van der Waals surface area (Å²) in [5.74, 6) is 0.971. The summed E-state index contributed by atoms with van der Waals surface area (Å²) in [6.07, 6.45) is 3.50. The van der Waals surface area contributed by atoms with Crippen molar-refractivity contribution < 1.29 is 22.7 Å². The second-order valence-electron chi connectivity index (χ2n) is 8.88. The third-order valence-electron chi connectivity index (χ3n) is 6.30. The van der Waals surface area contributed by atoms with Crippen molar-refractivity contribution in [3.63, 3.8) is 0 Å². The van der Waals surface area contributed by atoms with Gasteiger partial charge in [0.05, 0.1) is 5.52 Å². The minimum atomic E-state index is -4.74. The quantitative estimate of drug-likeness (QED) is 0.420. The minimum absolute atomic E-state index is 0.00853. The number of likely N-dealkylation sites (tertiary alicyclic amines) is 1. The summed E-state index contributed by atoms with van der Waals surface area (Å²) in [4.78, 5) is 23.7. The molecule has 1 amide bonds. The average molecular weight is 487 g/mol. The number of rotatable bonds is 6. The molecule has 1 aliphatic heterocycles. The van der Waals surface area contributed by atoms with Gasteiger partial charge in [-0.25, -0.2) is 9.97 Å². The summed E-state index contributed by atoms with van der Waals surface area (Å²) in [6.45, 7) is 3.76. The Morgan fingerprint density at radius 2 is 1.80 bits per heavy atom. The van der Waals surface area contributed by atoms with Gasteiger partial charge < -0.3 is 15.0 Å². The van der Waals surface area contributed by atoms with Crippen molar-refractivity contribution >= 4 is 28.3 Å². The molecule has 0 bridgehead atoms. The number of amides is 1. The van der Waals surface area contributed by atoms with E-state index in [-0.39, 0.29) is 11.7 Å². The van der Waals surface area contributed by atoms with Gasteiger partial charge in [-0.05, 0) is 74.1 Å². The number of anilines is 2. The lowest BCUT2D eigenvalue weighted by Crippen LogP contribution is -2.34. The van der Waals surface area contributed by atoms with Crippen molar-refractivity contribution in [1.29, 1.82) is 0 Å². The molecular formula is C26H29F3N4O2. The van der Waals surface area contributed by atoms with E-state index in [0.29, 0.717) is 28.0 Å². The van der Waals surface area contributed by atoms with E-state index < -0.39 is 6.36 Å². The number of benzene rings is 2. The highest BCUT2D eigenvalue weighted by Crippen LogP contribution is 2.28. The van der Waals surface area contributed by atoms with Crippen LogP contribution < -0.4 is 10.1 Å². The second kappa shape index (κ2) is 10.9. The highest BCUT2D eigenvalue weighted by atomic mass is 19.4. The smallest absolute Gasteiger partial charge is 0.406 e. The van der Waals surface area contributed by atoms with Crippen LogP contribution in [-0.4, -0.2) is 40.2 Å². The van der Waals surface area contributed by atoms with Gasteiger partial charge in [0.25, 0.3) is 5.91 Å². The van der Waals surface area contributed by atoms with Crippen LogP contribution in [0.15, 0.2) is 48.8 Å². The third kappa shape index (κ3) is 6.61. The summed E-state index contributed by atoms with van der Waals surface area (Å²) < 4.78 is 41.0. The molecule has 1 fully saturated rings. The topological polar surface area (TPSA) is 67.4 Å². The van der Waals surface area contributed by atoms with Gasteiger partial charge in [-0.15, -0.1) is 13.2 Å². The number of halogens is 3. The summed E-state index contributed by atoms with van der Waals surface area (Å²) >= 11 is 0. The maximum absolute atomic E-state index is 13.2. The molecule has 0 saturated carbocycles. The molecule has 0 aliphatic carbocycles. The minimum Gasteiger partial charge on any atom is -0.406 e. The van der Waals surface area contributed by atoms with Crippen LogP contribution in [0.3, 0.4) is 0 Å². The van der Waals surface area contributed by atoms with Gasteiger partial charge >= 0.3 is 6.36 Å². The van der Waals surface area contributed by atoms with Crippen molar-refractivity contribution in [2.24, 2.45) is 5.92 Å². The number of aromatic nitrogens is 2. The first-order chi connectivity index (χ1) is 16.8. The fourth-order valence-electron chi connectivity index (χ4n) is 4.65. The summed E-state index contributed by atoms with van der Waals surface area (Å²) in [5, 5.41) is 3.80. The Balaban J connectivity index is 1.46. The highest BCUT2D eigenvalue weighted by molar-refractivity contribution is 6.00. The first-order valence-corrected chi connectivity index (χ1v) is 12.0.